The monoisotopic (exact) mass is 273 g/mol. The molecule has 1 aromatic heterocycles. The van der Waals surface area contributed by atoms with Crippen LogP contribution in [-0.2, 0) is 11.2 Å². The zero-order valence-corrected chi connectivity index (χ0v) is 11.4. The second-order valence-corrected chi connectivity index (χ2v) is 5.66. The molecule has 1 amide bonds. The van der Waals surface area contributed by atoms with Crippen molar-refractivity contribution in [2.45, 2.75) is 19.4 Å². The van der Waals surface area contributed by atoms with Crippen LogP contribution in [0.2, 0.25) is 0 Å². The van der Waals surface area contributed by atoms with E-state index in [0.29, 0.717) is 0 Å². The minimum atomic E-state index is 0.00529. The fraction of sp³-hybridized carbons (Fsp3) is 0.286. The van der Waals surface area contributed by atoms with E-state index < -0.39 is 0 Å². The molecule has 1 aliphatic rings. The fourth-order valence-electron chi connectivity index (χ4n) is 2.28. The van der Waals surface area contributed by atoms with E-state index in [1.54, 1.807) is 11.3 Å². The lowest BCUT2D eigenvalue weighted by atomic mass is 9.94. The summed E-state index contributed by atoms with van der Waals surface area (Å²) in [7, 11) is 0. The van der Waals surface area contributed by atoms with Crippen LogP contribution < -0.4 is 10.9 Å². The van der Waals surface area contributed by atoms with E-state index in [-0.39, 0.29) is 17.9 Å². The first-order valence-corrected chi connectivity index (χ1v) is 7.16. The van der Waals surface area contributed by atoms with Crippen LogP contribution >= 0.6 is 11.3 Å². The molecule has 4 nitrogen and oxygen atoms in total. The topological polar surface area (TPSA) is 54.0 Å². The summed E-state index contributed by atoms with van der Waals surface area (Å²) in [6, 6.07) is 8.47. The van der Waals surface area contributed by atoms with Gasteiger partial charge in [-0.3, -0.25) is 10.2 Å². The van der Waals surface area contributed by atoms with Crippen molar-refractivity contribution in [3.05, 3.63) is 41.4 Å². The van der Waals surface area contributed by atoms with Gasteiger partial charge in [0.15, 0.2) is 0 Å². The van der Waals surface area contributed by atoms with Gasteiger partial charge in [0.05, 0.1) is 5.92 Å². The minimum absolute atomic E-state index is 0.00529. The van der Waals surface area contributed by atoms with Crippen LogP contribution in [0.1, 0.15) is 12.5 Å². The van der Waals surface area contributed by atoms with E-state index in [9.17, 15) is 4.79 Å². The van der Waals surface area contributed by atoms with Crippen LogP contribution in [0.25, 0.3) is 10.6 Å². The van der Waals surface area contributed by atoms with Crippen molar-refractivity contribution >= 4 is 17.2 Å². The molecule has 1 saturated heterocycles. The number of carbonyl (C=O) groups excluding carboxylic acids is 1. The normalized spacial score (nSPS) is 22.5. The summed E-state index contributed by atoms with van der Waals surface area (Å²) in [5.41, 5.74) is 7.94. The van der Waals surface area contributed by atoms with Crippen LogP contribution in [0.5, 0.6) is 0 Å². The molecule has 0 saturated carbocycles. The minimum Gasteiger partial charge on any atom is -0.291 e. The third kappa shape index (κ3) is 2.52. The van der Waals surface area contributed by atoms with Crippen LogP contribution in [0.15, 0.2) is 35.8 Å². The highest BCUT2D eigenvalue weighted by Gasteiger charge is 2.31. The number of hydrogen-bond acceptors (Lipinski definition) is 4. The van der Waals surface area contributed by atoms with Crippen LogP contribution in [0, 0.1) is 5.92 Å². The Balaban J connectivity index is 1.74. The Morgan fingerprint density at radius 3 is 2.68 bits per heavy atom. The maximum Gasteiger partial charge on any atom is 0.239 e. The maximum absolute atomic E-state index is 11.7. The van der Waals surface area contributed by atoms with E-state index in [2.05, 4.69) is 40.1 Å². The van der Waals surface area contributed by atoms with Gasteiger partial charge in [-0.15, -0.1) is 11.3 Å². The number of benzene rings is 1. The molecule has 2 aromatic rings. The standard InChI is InChI=1S/C14H15N3OS/c1-9-12(13(18)17-16-9)8-10-2-4-11(5-3-10)14-15-6-7-19-14/h2-7,9,12,16H,8H2,1H3,(H,17,18). The molecule has 2 N–H and O–H groups in total. The smallest absolute Gasteiger partial charge is 0.239 e. The fourth-order valence-corrected chi connectivity index (χ4v) is 2.92. The van der Waals surface area contributed by atoms with Gasteiger partial charge in [0.1, 0.15) is 5.01 Å². The Bertz CT molecular complexity index is 565. The summed E-state index contributed by atoms with van der Waals surface area (Å²) in [4.78, 5) is 15.9. The van der Waals surface area contributed by atoms with E-state index in [0.717, 1.165) is 17.0 Å². The second-order valence-electron chi connectivity index (χ2n) is 4.77. The summed E-state index contributed by atoms with van der Waals surface area (Å²) in [5, 5.41) is 3.00. The number of thiazole rings is 1. The Morgan fingerprint density at radius 1 is 1.32 bits per heavy atom. The van der Waals surface area contributed by atoms with Gasteiger partial charge in [0, 0.05) is 23.2 Å². The predicted molar refractivity (Wildman–Crippen MR) is 75.5 cm³/mol. The molecule has 1 fully saturated rings. The largest absolute Gasteiger partial charge is 0.291 e. The molecule has 5 heteroatoms. The van der Waals surface area contributed by atoms with E-state index in [4.69, 9.17) is 0 Å². The predicted octanol–water partition coefficient (Wildman–Crippen LogP) is 1.99. The molecule has 1 aliphatic heterocycles. The number of amides is 1. The first-order valence-electron chi connectivity index (χ1n) is 6.28. The molecule has 3 rings (SSSR count). The van der Waals surface area contributed by atoms with Crippen molar-refractivity contribution in [2.24, 2.45) is 5.92 Å². The van der Waals surface area contributed by atoms with Crippen molar-refractivity contribution in [1.29, 1.82) is 0 Å². The summed E-state index contributed by atoms with van der Waals surface area (Å²) < 4.78 is 0. The molecule has 0 bridgehead atoms. The number of carbonyl (C=O) groups is 1. The Kier molecular flexibility index (Phi) is 3.31. The van der Waals surface area contributed by atoms with Gasteiger partial charge in [0.25, 0.3) is 0 Å². The molecule has 2 heterocycles. The highest BCUT2D eigenvalue weighted by Crippen LogP contribution is 2.23. The summed E-state index contributed by atoms with van der Waals surface area (Å²) >= 11 is 1.63. The Morgan fingerprint density at radius 2 is 2.11 bits per heavy atom. The molecular weight excluding hydrogens is 258 g/mol. The van der Waals surface area contributed by atoms with Crippen LogP contribution in [0.4, 0.5) is 0 Å². The molecule has 1 aromatic carbocycles. The summed E-state index contributed by atoms with van der Waals surface area (Å²) in [5.74, 6) is 0.0854. The number of rotatable bonds is 3. The second kappa shape index (κ2) is 5.11. The Labute approximate surface area is 115 Å². The number of nitrogens with zero attached hydrogens (tertiary/aromatic N) is 1. The average Bonchev–Trinajstić information content (AvgIpc) is 3.05. The van der Waals surface area contributed by atoms with Gasteiger partial charge >= 0.3 is 0 Å². The lowest BCUT2D eigenvalue weighted by Gasteiger charge is -2.11. The molecule has 19 heavy (non-hydrogen) atoms. The molecule has 0 aliphatic carbocycles. The van der Waals surface area contributed by atoms with Gasteiger partial charge in [-0.1, -0.05) is 24.3 Å². The van der Waals surface area contributed by atoms with Gasteiger partial charge in [-0.2, -0.15) is 0 Å². The lowest BCUT2D eigenvalue weighted by molar-refractivity contribution is -0.122. The van der Waals surface area contributed by atoms with Crippen molar-refractivity contribution in [3.8, 4) is 10.6 Å². The molecular formula is C14H15N3OS. The SMILES string of the molecule is CC1NNC(=O)C1Cc1ccc(-c2nccs2)cc1. The summed E-state index contributed by atoms with van der Waals surface area (Å²) in [6.45, 7) is 2.02. The molecule has 98 valence electrons. The zero-order valence-electron chi connectivity index (χ0n) is 10.6. The molecule has 2 unspecified atom stereocenters. The number of nitrogens with one attached hydrogen (secondary N) is 2. The average molecular weight is 273 g/mol. The van der Waals surface area contributed by atoms with Crippen LogP contribution in [-0.4, -0.2) is 16.9 Å². The molecule has 2 atom stereocenters. The highest BCUT2D eigenvalue weighted by atomic mass is 32.1. The number of hydrazine groups is 1. The maximum atomic E-state index is 11.7. The quantitative estimate of drug-likeness (QED) is 0.899. The van der Waals surface area contributed by atoms with E-state index >= 15 is 0 Å². The molecule has 0 spiro atoms. The van der Waals surface area contributed by atoms with E-state index in [1.165, 1.54) is 5.56 Å². The number of aromatic nitrogens is 1. The van der Waals surface area contributed by atoms with Crippen LogP contribution in [0.3, 0.4) is 0 Å². The Hall–Kier alpha value is -1.72. The van der Waals surface area contributed by atoms with Crippen molar-refractivity contribution in [2.75, 3.05) is 0 Å². The van der Waals surface area contributed by atoms with E-state index in [1.807, 2.05) is 18.5 Å². The van der Waals surface area contributed by atoms with Gasteiger partial charge in [-0.25, -0.2) is 10.4 Å². The first-order chi connectivity index (χ1) is 9.24. The van der Waals surface area contributed by atoms with Crippen molar-refractivity contribution < 1.29 is 4.79 Å². The van der Waals surface area contributed by atoms with Gasteiger partial charge in [0.2, 0.25) is 5.91 Å². The third-order valence-corrected chi connectivity index (χ3v) is 4.27. The lowest BCUT2D eigenvalue weighted by Crippen LogP contribution is -2.29. The highest BCUT2D eigenvalue weighted by molar-refractivity contribution is 7.13. The first kappa shape index (κ1) is 12.3. The molecule has 0 radical (unpaired) electrons. The van der Waals surface area contributed by atoms with Crippen molar-refractivity contribution in [3.63, 3.8) is 0 Å². The third-order valence-electron chi connectivity index (χ3n) is 3.45. The zero-order chi connectivity index (χ0) is 13.2. The van der Waals surface area contributed by atoms with Crippen molar-refractivity contribution in [1.82, 2.24) is 15.8 Å². The summed E-state index contributed by atoms with van der Waals surface area (Å²) in [6.07, 6.45) is 2.57. The van der Waals surface area contributed by atoms with Gasteiger partial charge < -0.3 is 0 Å². The number of hydrogen-bond donors (Lipinski definition) is 2. The van der Waals surface area contributed by atoms with Gasteiger partial charge in [-0.05, 0) is 18.9 Å².